The molecule has 1 atom stereocenters. The molecular formula is C11H13BrN4O. The van der Waals surface area contributed by atoms with Gasteiger partial charge in [0.25, 0.3) is 0 Å². The van der Waals surface area contributed by atoms with Crippen molar-refractivity contribution in [3.63, 3.8) is 0 Å². The molecule has 0 aliphatic carbocycles. The maximum absolute atomic E-state index is 6.21. The Morgan fingerprint density at radius 3 is 2.94 bits per heavy atom. The van der Waals surface area contributed by atoms with Crippen molar-refractivity contribution in [2.75, 3.05) is 7.11 Å². The van der Waals surface area contributed by atoms with E-state index >= 15 is 0 Å². The summed E-state index contributed by atoms with van der Waals surface area (Å²) in [6, 6.07) is 3.37. The number of halogens is 1. The summed E-state index contributed by atoms with van der Waals surface area (Å²) in [6.07, 6.45) is 3.36. The number of pyridine rings is 1. The molecule has 6 heteroatoms. The van der Waals surface area contributed by atoms with Crippen LogP contribution in [-0.4, -0.2) is 21.9 Å². The fourth-order valence-electron chi connectivity index (χ4n) is 1.69. The summed E-state index contributed by atoms with van der Waals surface area (Å²) < 4.78 is 7.81. The topological polar surface area (TPSA) is 66.0 Å². The van der Waals surface area contributed by atoms with Gasteiger partial charge in [-0.05, 0) is 28.1 Å². The largest absolute Gasteiger partial charge is 0.493 e. The lowest BCUT2D eigenvalue weighted by molar-refractivity contribution is 0.405. The number of nitrogens with two attached hydrogens (primary N) is 1. The average Bonchev–Trinajstić information content (AvgIpc) is 2.70. The van der Waals surface area contributed by atoms with Gasteiger partial charge >= 0.3 is 0 Å². The molecule has 0 saturated heterocycles. The van der Waals surface area contributed by atoms with Gasteiger partial charge in [0.15, 0.2) is 5.75 Å². The molecule has 5 nitrogen and oxygen atoms in total. The van der Waals surface area contributed by atoms with Gasteiger partial charge in [-0.3, -0.25) is 9.67 Å². The van der Waals surface area contributed by atoms with Crippen LogP contribution in [0.3, 0.4) is 0 Å². The molecule has 2 aromatic rings. The van der Waals surface area contributed by atoms with Crippen molar-refractivity contribution in [1.29, 1.82) is 0 Å². The van der Waals surface area contributed by atoms with Gasteiger partial charge < -0.3 is 10.5 Å². The van der Waals surface area contributed by atoms with E-state index in [1.165, 1.54) is 0 Å². The molecular weight excluding hydrogens is 284 g/mol. The molecule has 90 valence electrons. The lowest BCUT2D eigenvalue weighted by Gasteiger charge is -2.14. The number of hydrogen-bond donors (Lipinski definition) is 1. The number of hydrogen-bond acceptors (Lipinski definition) is 4. The van der Waals surface area contributed by atoms with Crippen molar-refractivity contribution in [2.24, 2.45) is 12.8 Å². The summed E-state index contributed by atoms with van der Waals surface area (Å²) in [6.45, 7) is 0. The monoisotopic (exact) mass is 296 g/mol. The van der Waals surface area contributed by atoms with Gasteiger partial charge in [0.1, 0.15) is 5.69 Å². The molecule has 0 aromatic carbocycles. The van der Waals surface area contributed by atoms with Gasteiger partial charge in [0.2, 0.25) is 0 Å². The summed E-state index contributed by atoms with van der Waals surface area (Å²) >= 11 is 3.44. The van der Waals surface area contributed by atoms with Gasteiger partial charge in [-0.15, -0.1) is 0 Å². The van der Waals surface area contributed by atoms with Crippen molar-refractivity contribution in [3.05, 3.63) is 40.4 Å². The predicted octanol–water partition coefficient (Wildman–Crippen LogP) is 1.63. The summed E-state index contributed by atoms with van der Waals surface area (Å²) in [5, 5.41) is 4.13. The van der Waals surface area contributed by atoms with E-state index in [2.05, 4.69) is 26.0 Å². The molecule has 0 fully saturated rings. The van der Waals surface area contributed by atoms with E-state index in [-0.39, 0.29) is 6.04 Å². The van der Waals surface area contributed by atoms with Crippen molar-refractivity contribution in [3.8, 4) is 5.75 Å². The second-order valence-electron chi connectivity index (χ2n) is 3.57. The first-order valence-corrected chi connectivity index (χ1v) is 5.86. The third-order valence-electron chi connectivity index (χ3n) is 2.55. The molecule has 1 unspecified atom stereocenters. The van der Waals surface area contributed by atoms with Gasteiger partial charge in [0.05, 0.1) is 25.0 Å². The fraction of sp³-hybridized carbons (Fsp3) is 0.273. The van der Waals surface area contributed by atoms with Crippen molar-refractivity contribution in [2.45, 2.75) is 6.04 Å². The number of aryl methyl sites for hydroxylation is 1. The number of rotatable bonds is 3. The first-order chi connectivity index (χ1) is 8.15. The predicted molar refractivity (Wildman–Crippen MR) is 67.7 cm³/mol. The number of ether oxygens (including phenoxy) is 1. The Morgan fingerprint density at radius 2 is 2.29 bits per heavy atom. The third kappa shape index (κ3) is 2.18. The first-order valence-electron chi connectivity index (χ1n) is 5.07. The Morgan fingerprint density at radius 1 is 1.53 bits per heavy atom. The second-order valence-corrected chi connectivity index (χ2v) is 4.42. The maximum atomic E-state index is 6.21. The second kappa shape index (κ2) is 4.85. The lowest BCUT2D eigenvalue weighted by Crippen LogP contribution is -2.18. The van der Waals surface area contributed by atoms with Crippen LogP contribution < -0.4 is 10.5 Å². The van der Waals surface area contributed by atoms with E-state index in [0.717, 1.165) is 15.9 Å². The molecule has 2 rings (SSSR count). The lowest BCUT2D eigenvalue weighted by atomic mass is 10.1. The molecule has 17 heavy (non-hydrogen) atoms. The smallest absolute Gasteiger partial charge is 0.161 e. The SMILES string of the molecule is COc1cnn(C)c1C(N)c1ncccc1Br. The molecule has 0 amide bonds. The third-order valence-corrected chi connectivity index (χ3v) is 3.22. The zero-order chi connectivity index (χ0) is 12.4. The zero-order valence-electron chi connectivity index (χ0n) is 9.59. The molecule has 0 bridgehead atoms. The molecule has 0 spiro atoms. The minimum Gasteiger partial charge on any atom is -0.493 e. The maximum Gasteiger partial charge on any atom is 0.161 e. The zero-order valence-corrected chi connectivity index (χ0v) is 11.2. The Labute approximate surface area is 108 Å². The van der Waals surface area contributed by atoms with E-state index in [1.54, 1.807) is 24.2 Å². The first kappa shape index (κ1) is 12.1. The van der Waals surface area contributed by atoms with Crippen LogP contribution in [0.2, 0.25) is 0 Å². The van der Waals surface area contributed by atoms with Crippen LogP contribution in [0, 0.1) is 0 Å². The minimum absolute atomic E-state index is 0.381. The van der Waals surface area contributed by atoms with E-state index < -0.39 is 0 Å². The van der Waals surface area contributed by atoms with E-state index in [1.807, 2.05) is 19.2 Å². The Hall–Kier alpha value is -1.40. The highest BCUT2D eigenvalue weighted by molar-refractivity contribution is 9.10. The minimum atomic E-state index is -0.381. The van der Waals surface area contributed by atoms with Crippen LogP contribution in [0.1, 0.15) is 17.4 Å². The molecule has 0 aliphatic rings. The molecule has 0 aliphatic heterocycles. The van der Waals surface area contributed by atoms with Crippen LogP contribution in [0.25, 0.3) is 0 Å². The van der Waals surface area contributed by atoms with Crippen molar-refractivity contribution in [1.82, 2.24) is 14.8 Å². The van der Waals surface area contributed by atoms with Crippen LogP contribution in [0.15, 0.2) is 29.0 Å². The van der Waals surface area contributed by atoms with Crippen LogP contribution in [-0.2, 0) is 7.05 Å². The molecule has 2 N–H and O–H groups in total. The summed E-state index contributed by atoms with van der Waals surface area (Å²) in [5.74, 6) is 0.664. The highest BCUT2D eigenvalue weighted by Crippen LogP contribution is 2.29. The quantitative estimate of drug-likeness (QED) is 0.935. The van der Waals surface area contributed by atoms with Gasteiger partial charge in [-0.2, -0.15) is 5.10 Å². The van der Waals surface area contributed by atoms with E-state index in [0.29, 0.717) is 5.75 Å². The fourth-order valence-corrected chi connectivity index (χ4v) is 2.20. The van der Waals surface area contributed by atoms with Gasteiger partial charge in [-0.25, -0.2) is 0 Å². The molecule has 0 saturated carbocycles. The van der Waals surface area contributed by atoms with E-state index in [4.69, 9.17) is 10.5 Å². The van der Waals surface area contributed by atoms with Crippen molar-refractivity contribution >= 4 is 15.9 Å². The van der Waals surface area contributed by atoms with Crippen LogP contribution in [0.5, 0.6) is 5.75 Å². The number of aromatic nitrogens is 3. The highest BCUT2D eigenvalue weighted by Gasteiger charge is 2.21. The van der Waals surface area contributed by atoms with Gasteiger partial charge in [-0.1, -0.05) is 0 Å². The Bertz CT molecular complexity index is 526. The van der Waals surface area contributed by atoms with Gasteiger partial charge in [0, 0.05) is 17.7 Å². The summed E-state index contributed by atoms with van der Waals surface area (Å²) in [4.78, 5) is 4.28. The summed E-state index contributed by atoms with van der Waals surface area (Å²) in [5.41, 5.74) is 7.76. The highest BCUT2D eigenvalue weighted by atomic mass is 79.9. The number of methoxy groups -OCH3 is 1. The molecule has 0 radical (unpaired) electrons. The Kier molecular flexibility index (Phi) is 3.44. The van der Waals surface area contributed by atoms with Crippen molar-refractivity contribution < 1.29 is 4.74 Å². The standard InChI is InChI=1S/C11H13BrN4O/c1-16-11(8(17-2)6-15-16)9(13)10-7(12)4-3-5-14-10/h3-6,9H,13H2,1-2H3. The summed E-state index contributed by atoms with van der Waals surface area (Å²) in [7, 11) is 3.43. The van der Waals surface area contributed by atoms with Crippen LogP contribution >= 0.6 is 15.9 Å². The normalized spacial score (nSPS) is 12.5. The molecule has 2 aromatic heterocycles. The number of nitrogens with zero attached hydrogens (tertiary/aromatic N) is 3. The Balaban J connectivity index is 2.47. The van der Waals surface area contributed by atoms with E-state index in [9.17, 15) is 0 Å². The van der Waals surface area contributed by atoms with Crippen LogP contribution in [0.4, 0.5) is 0 Å². The molecule has 2 heterocycles. The average molecular weight is 297 g/mol.